The Bertz CT molecular complexity index is 381. The highest BCUT2D eigenvalue weighted by atomic mass is 32.2. The van der Waals surface area contributed by atoms with Crippen LogP contribution in [0.1, 0.15) is 5.56 Å². The highest BCUT2D eigenvalue weighted by Crippen LogP contribution is 2.11. The molecule has 1 aromatic rings. The van der Waals surface area contributed by atoms with E-state index in [1.807, 2.05) is 6.26 Å². The van der Waals surface area contributed by atoms with Gasteiger partial charge < -0.3 is 15.7 Å². The van der Waals surface area contributed by atoms with Crippen LogP contribution in [-0.4, -0.2) is 47.6 Å². The maximum Gasteiger partial charge on any atom is 0.239 e. The Kier molecular flexibility index (Phi) is 6.01. The summed E-state index contributed by atoms with van der Waals surface area (Å²) in [4.78, 5) is 13.6. The van der Waals surface area contributed by atoms with Crippen molar-refractivity contribution in [3.05, 3.63) is 29.8 Å². The molecule has 0 unspecified atom stereocenters. The normalized spacial score (nSPS) is 12.2. The van der Waals surface area contributed by atoms with Gasteiger partial charge in [0.1, 0.15) is 5.75 Å². The van der Waals surface area contributed by atoms with Gasteiger partial charge in [-0.3, -0.25) is 4.79 Å². The number of hydrogen-bond donors (Lipinski definition) is 2. The number of benzene rings is 1. The zero-order chi connectivity index (χ0) is 13.5. The van der Waals surface area contributed by atoms with Gasteiger partial charge in [-0.15, -0.1) is 0 Å². The molecule has 18 heavy (non-hydrogen) atoms. The summed E-state index contributed by atoms with van der Waals surface area (Å²) >= 11 is 1.70. The van der Waals surface area contributed by atoms with Crippen molar-refractivity contribution in [1.82, 2.24) is 4.90 Å². The van der Waals surface area contributed by atoms with E-state index >= 15 is 0 Å². The van der Waals surface area contributed by atoms with Crippen LogP contribution in [0.2, 0.25) is 0 Å². The van der Waals surface area contributed by atoms with Crippen LogP contribution in [0.25, 0.3) is 0 Å². The number of hydrogen-bond acceptors (Lipinski definition) is 4. The third-order valence-corrected chi connectivity index (χ3v) is 3.31. The molecule has 1 atom stereocenters. The number of nitrogens with zero attached hydrogens (tertiary/aromatic N) is 1. The fraction of sp³-hybridized carbons (Fsp3) is 0.462. The third kappa shape index (κ3) is 4.58. The van der Waals surface area contributed by atoms with E-state index in [2.05, 4.69) is 0 Å². The molecule has 0 aliphatic rings. The van der Waals surface area contributed by atoms with Crippen LogP contribution in [0.3, 0.4) is 0 Å². The van der Waals surface area contributed by atoms with Crippen LogP contribution in [-0.2, 0) is 11.2 Å². The van der Waals surface area contributed by atoms with Gasteiger partial charge in [-0.1, -0.05) is 12.1 Å². The summed E-state index contributed by atoms with van der Waals surface area (Å²) in [5.74, 6) is 1.08. The molecule has 5 heteroatoms. The Balaban J connectivity index is 2.51. The minimum absolute atomic E-state index is 0.0443. The number of likely N-dealkylation sites (N-methyl/N-ethyl adjacent to an activating group) is 1. The number of rotatable bonds is 6. The number of carbonyl (C=O) groups is 1. The highest BCUT2D eigenvalue weighted by molar-refractivity contribution is 7.98. The van der Waals surface area contributed by atoms with Crippen molar-refractivity contribution < 1.29 is 9.90 Å². The first-order valence-electron chi connectivity index (χ1n) is 5.82. The van der Waals surface area contributed by atoms with Crippen LogP contribution in [0.15, 0.2) is 24.3 Å². The number of amides is 1. The number of thioether (sulfide) groups is 1. The third-order valence-electron chi connectivity index (χ3n) is 2.72. The second-order valence-electron chi connectivity index (χ2n) is 4.23. The van der Waals surface area contributed by atoms with Crippen LogP contribution in [0.4, 0.5) is 0 Å². The molecule has 0 radical (unpaired) electrons. The molecule has 4 nitrogen and oxygen atoms in total. The molecule has 0 heterocycles. The first-order valence-corrected chi connectivity index (χ1v) is 7.21. The van der Waals surface area contributed by atoms with Gasteiger partial charge in [0, 0.05) is 19.3 Å². The smallest absolute Gasteiger partial charge is 0.239 e. The number of phenols is 1. The maximum atomic E-state index is 12.0. The van der Waals surface area contributed by atoms with Gasteiger partial charge in [0.05, 0.1) is 6.04 Å². The summed E-state index contributed by atoms with van der Waals surface area (Å²) in [5, 5.41) is 9.18. The minimum Gasteiger partial charge on any atom is -0.508 e. The van der Waals surface area contributed by atoms with Gasteiger partial charge in [0.15, 0.2) is 0 Å². The van der Waals surface area contributed by atoms with Crippen molar-refractivity contribution in [1.29, 1.82) is 0 Å². The minimum atomic E-state index is -0.526. The van der Waals surface area contributed by atoms with E-state index in [9.17, 15) is 9.90 Å². The monoisotopic (exact) mass is 268 g/mol. The quantitative estimate of drug-likeness (QED) is 0.810. The lowest BCUT2D eigenvalue weighted by atomic mass is 10.1. The summed E-state index contributed by atoms with van der Waals surface area (Å²) in [6, 6.07) is 6.24. The average molecular weight is 268 g/mol. The molecule has 0 saturated heterocycles. The van der Waals surface area contributed by atoms with Crippen molar-refractivity contribution in [2.75, 3.05) is 25.6 Å². The van der Waals surface area contributed by atoms with Gasteiger partial charge >= 0.3 is 0 Å². The summed E-state index contributed by atoms with van der Waals surface area (Å²) in [5.41, 5.74) is 6.85. The Labute approximate surface area is 112 Å². The summed E-state index contributed by atoms with van der Waals surface area (Å²) in [7, 11) is 1.77. The van der Waals surface area contributed by atoms with Gasteiger partial charge in [0.2, 0.25) is 5.91 Å². The number of carbonyl (C=O) groups excluding carboxylic acids is 1. The Morgan fingerprint density at radius 2 is 2.06 bits per heavy atom. The van der Waals surface area contributed by atoms with Gasteiger partial charge in [0.25, 0.3) is 0 Å². The second kappa shape index (κ2) is 7.28. The van der Waals surface area contributed by atoms with Crippen molar-refractivity contribution in [2.24, 2.45) is 5.73 Å². The average Bonchev–Trinajstić information content (AvgIpc) is 2.37. The molecule has 100 valence electrons. The summed E-state index contributed by atoms with van der Waals surface area (Å²) < 4.78 is 0. The topological polar surface area (TPSA) is 66.6 Å². The molecule has 3 N–H and O–H groups in total. The van der Waals surface area contributed by atoms with Gasteiger partial charge in [-0.25, -0.2) is 0 Å². The summed E-state index contributed by atoms with van der Waals surface area (Å²) in [6.07, 6.45) is 2.50. The Morgan fingerprint density at radius 1 is 1.44 bits per heavy atom. The molecule has 1 rings (SSSR count). The Hall–Kier alpha value is -1.20. The first-order chi connectivity index (χ1) is 8.54. The lowest BCUT2D eigenvalue weighted by Gasteiger charge is -2.21. The van der Waals surface area contributed by atoms with Crippen LogP contribution in [0.5, 0.6) is 5.75 Å². The lowest BCUT2D eigenvalue weighted by molar-refractivity contribution is -0.131. The molecule has 1 amide bonds. The van der Waals surface area contributed by atoms with E-state index < -0.39 is 6.04 Å². The number of phenolic OH excluding ortho intramolecular Hbond substituents is 1. The lowest BCUT2D eigenvalue weighted by Crippen LogP contribution is -2.43. The zero-order valence-electron chi connectivity index (χ0n) is 10.8. The van der Waals surface area contributed by atoms with E-state index in [4.69, 9.17) is 5.73 Å². The molecular weight excluding hydrogens is 248 g/mol. The predicted octanol–water partition coefficient (Wildman–Crippen LogP) is 1.08. The van der Waals surface area contributed by atoms with Crippen LogP contribution >= 0.6 is 11.8 Å². The van der Waals surface area contributed by atoms with Crippen molar-refractivity contribution in [2.45, 2.75) is 12.5 Å². The molecule has 0 fully saturated rings. The molecule has 0 bridgehead atoms. The van der Waals surface area contributed by atoms with E-state index in [-0.39, 0.29) is 11.7 Å². The SMILES string of the molecule is CSCCN(C)C(=O)[C@@H](N)Cc1ccc(O)cc1. The number of nitrogens with two attached hydrogens (primary N) is 1. The fourth-order valence-corrected chi connectivity index (χ4v) is 2.05. The largest absolute Gasteiger partial charge is 0.508 e. The molecule has 0 aromatic heterocycles. The predicted molar refractivity (Wildman–Crippen MR) is 75.8 cm³/mol. The van der Waals surface area contributed by atoms with Crippen molar-refractivity contribution >= 4 is 17.7 Å². The van der Waals surface area contributed by atoms with Gasteiger partial charge in [-0.2, -0.15) is 11.8 Å². The van der Waals surface area contributed by atoms with Crippen LogP contribution in [0, 0.1) is 0 Å². The molecule has 0 aliphatic heterocycles. The maximum absolute atomic E-state index is 12.0. The summed E-state index contributed by atoms with van der Waals surface area (Å²) in [6.45, 7) is 0.712. The molecular formula is C13H20N2O2S. The standard InChI is InChI=1S/C13H20N2O2S/c1-15(7-8-18-2)13(17)12(14)9-10-3-5-11(16)6-4-10/h3-6,12,16H,7-9,14H2,1-2H3/t12-/m0/s1. The van der Waals surface area contributed by atoms with Gasteiger partial charge in [-0.05, 0) is 30.4 Å². The zero-order valence-corrected chi connectivity index (χ0v) is 11.6. The van der Waals surface area contributed by atoms with Crippen LogP contribution < -0.4 is 5.73 Å². The van der Waals surface area contributed by atoms with E-state index in [0.717, 1.165) is 11.3 Å². The molecule has 1 aromatic carbocycles. The van der Waals surface area contributed by atoms with Crippen molar-refractivity contribution in [3.8, 4) is 5.75 Å². The van der Waals surface area contributed by atoms with Crippen molar-refractivity contribution in [3.63, 3.8) is 0 Å². The second-order valence-corrected chi connectivity index (χ2v) is 5.22. The number of aromatic hydroxyl groups is 1. The Morgan fingerprint density at radius 3 is 2.61 bits per heavy atom. The molecule has 0 saturated carbocycles. The highest BCUT2D eigenvalue weighted by Gasteiger charge is 2.17. The molecule has 0 spiro atoms. The fourth-order valence-electron chi connectivity index (χ4n) is 1.59. The van der Waals surface area contributed by atoms with E-state index in [1.165, 1.54) is 0 Å². The molecule has 0 aliphatic carbocycles. The van der Waals surface area contributed by atoms with E-state index in [1.54, 1.807) is 48.0 Å². The van der Waals surface area contributed by atoms with E-state index in [0.29, 0.717) is 13.0 Å². The first kappa shape index (κ1) is 14.9.